The Kier molecular flexibility index (Phi) is 4.76. The molecule has 1 aromatic carbocycles. The summed E-state index contributed by atoms with van der Waals surface area (Å²) in [5, 5.41) is 0.764. The van der Waals surface area contributed by atoms with E-state index in [9.17, 15) is 21.6 Å². The second-order valence-corrected chi connectivity index (χ2v) is 7.22. The summed E-state index contributed by atoms with van der Waals surface area (Å²) >= 11 is 3.33. The third kappa shape index (κ3) is 3.01. The van der Waals surface area contributed by atoms with Crippen LogP contribution in [-0.4, -0.2) is 31.1 Å². The van der Waals surface area contributed by atoms with E-state index >= 15 is 0 Å². The highest BCUT2D eigenvalue weighted by Crippen LogP contribution is 2.28. The smallest absolute Gasteiger partial charge is 0.207 e. The second-order valence-electron chi connectivity index (χ2n) is 4.70. The number of hydrogen-bond acceptors (Lipinski definition) is 2. The molecule has 112 valence electrons. The molecule has 1 aliphatic heterocycles. The third-order valence-corrected chi connectivity index (χ3v) is 6.22. The number of halogens is 4. The summed E-state index contributed by atoms with van der Waals surface area (Å²) in [6, 6.07) is 0.752. The molecule has 0 amide bonds. The van der Waals surface area contributed by atoms with Crippen molar-refractivity contribution in [1.29, 1.82) is 0 Å². The van der Waals surface area contributed by atoms with E-state index in [0.717, 1.165) is 9.64 Å². The van der Waals surface area contributed by atoms with Crippen molar-refractivity contribution in [3.05, 3.63) is 29.6 Å². The normalized spacial score (nSPS) is 18.4. The maximum absolute atomic E-state index is 13.6. The molecular weight excluding hydrogens is 359 g/mol. The quantitative estimate of drug-likeness (QED) is 0.766. The molecule has 0 spiro atoms. The summed E-state index contributed by atoms with van der Waals surface area (Å²) in [7, 11) is -4.27. The molecule has 2 rings (SSSR count). The van der Waals surface area contributed by atoms with Crippen molar-refractivity contribution >= 4 is 26.0 Å². The van der Waals surface area contributed by atoms with E-state index in [0.29, 0.717) is 30.9 Å². The molecule has 0 N–H and O–H groups in total. The summed E-state index contributed by atoms with van der Waals surface area (Å²) in [6.07, 6.45) is 1.24. The van der Waals surface area contributed by atoms with Gasteiger partial charge in [-0.1, -0.05) is 15.9 Å². The number of hydrogen-bond donors (Lipinski definition) is 0. The van der Waals surface area contributed by atoms with Crippen LogP contribution in [0.15, 0.2) is 17.0 Å². The highest BCUT2D eigenvalue weighted by Gasteiger charge is 2.33. The molecule has 0 atom stereocenters. The first-order valence-electron chi connectivity index (χ1n) is 6.07. The summed E-state index contributed by atoms with van der Waals surface area (Å²) in [5.41, 5.74) is 0. The van der Waals surface area contributed by atoms with E-state index in [1.54, 1.807) is 0 Å². The molecule has 8 heteroatoms. The van der Waals surface area contributed by atoms with Crippen LogP contribution in [-0.2, 0) is 10.0 Å². The molecule has 20 heavy (non-hydrogen) atoms. The van der Waals surface area contributed by atoms with Gasteiger partial charge in [0.25, 0.3) is 0 Å². The van der Waals surface area contributed by atoms with Gasteiger partial charge in [-0.3, -0.25) is 0 Å². The van der Waals surface area contributed by atoms with Gasteiger partial charge in [-0.05, 0) is 18.8 Å². The zero-order valence-electron chi connectivity index (χ0n) is 10.5. The highest BCUT2D eigenvalue weighted by atomic mass is 79.9. The minimum atomic E-state index is -4.27. The first-order valence-corrected chi connectivity index (χ1v) is 8.63. The third-order valence-electron chi connectivity index (χ3n) is 3.35. The van der Waals surface area contributed by atoms with Gasteiger partial charge in [-0.15, -0.1) is 0 Å². The Bertz CT molecular complexity index is 578. The minimum Gasteiger partial charge on any atom is -0.207 e. The average molecular weight is 372 g/mol. The van der Waals surface area contributed by atoms with Crippen molar-refractivity contribution in [1.82, 2.24) is 4.31 Å². The molecule has 1 aromatic rings. The standard InChI is InChI=1S/C12H13BrF3NO2S/c13-7-8-1-3-17(4-2-8)20(18,19)12-10(15)5-9(14)6-11(12)16/h5-6,8H,1-4,7H2. The fraction of sp³-hybridized carbons (Fsp3) is 0.500. The van der Waals surface area contributed by atoms with E-state index in [1.165, 1.54) is 0 Å². The lowest BCUT2D eigenvalue weighted by atomic mass is 10.0. The molecule has 1 fully saturated rings. The van der Waals surface area contributed by atoms with Gasteiger partial charge in [0, 0.05) is 30.6 Å². The average Bonchev–Trinajstić information content (AvgIpc) is 2.37. The lowest BCUT2D eigenvalue weighted by Gasteiger charge is -2.30. The maximum Gasteiger partial charge on any atom is 0.248 e. The Balaban J connectivity index is 2.32. The number of piperidine rings is 1. The van der Waals surface area contributed by atoms with E-state index < -0.39 is 32.4 Å². The van der Waals surface area contributed by atoms with E-state index in [2.05, 4.69) is 15.9 Å². The van der Waals surface area contributed by atoms with Gasteiger partial charge in [0.15, 0.2) is 4.90 Å². The van der Waals surface area contributed by atoms with E-state index in [4.69, 9.17) is 0 Å². The van der Waals surface area contributed by atoms with Crippen LogP contribution in [0.2, 0.25) is 0 Å². The molecule has 0 aliphatic carbocycles. The number of sulfonamides is 1. The molecular formula is C12H13BrF3NO2S. The topological polar surface area (TPSA) is 37.4 Å². The SMILES string of the molecule is O=S(=O)(c1c(F)cc(F)cc1F)N1CCC(CBr)CC1. The van der Waals surface area contributed by atoms with Crippen LogP contribution < -0.4 is 0 Å². The van der Waals surface area contributed by atoms with Crippen LogP contribution in [0, 0.1) is 23.4 Å². The maximum atomic E-state index is 13.6. The summed E-state index contributed by atoms with van der Waals surface area (Å²) in [6.45, 7) is 0.406. The van der Waals surface area contributed by atoms with Crippen LogP contribution in [0.1, 0.15) is 12.8 Å². The first kappa shape index (κ1) is 15.8. The lowest BCUT2D eigenvalue weighted by molar-refractivity contribution is 0.290. The highest BCUT2D eigenvalue weighted by molar-refractivity contribution is 9.09. The van der Waals surface area contributed by atoms with E-state index in [1.807, 2.05) is 0 Å². The van der Waals surface area contributed by atoms with Gasteiger partial charge in [0.2, 0.25) is 10.0 Å². The van der Waals surface area contributed by atoms with Crippen LogP contribution in [0.3, 0.4) is 0 Å². The van der Waals surface area contributed by atoms with Gasteiger partial charge in [-0.2, -0.15) is 4.31 Å². The number of benzene rings is 1. The Hall–Kier alpha value is -0.600. The van der Waals surface area contributed by atoms with Gasteiger partial charge in [0.05, 0.1) is 0 Å². The summed E-state index contributed by atoms with van der Waals surface area (Å²) < 4.78 is 65.6. The number of alkyl halides is 1. The number of rotatable bonds is 3. The van der Waals surface area contributed by atoms with Crippen molar-refractivity contribution < 1.29 is 21.6 Å². The first-order chi connectivity index (χ1) is 9.36. The largest absolute Gasteiger partial charge is 0.248 e. The molecule has 0 bridgehead atoms. The zero-order chi connectivity index (χ0) is 14.9. The molecule has 1 saturated heterocycles. The summed E-state index contributed by atoms with van der Waals surface area (Å²) in [5.74, 6) is -3.59. The van der Waals surface area contributed by atoms with Crippen molar-refractivity contribution in [2.45, 2.75) is 17.7 Å². The molecule has 0 aromatic heterocycles. The molecule has 1 heterocycles. The van der Waals surface area contributed by atoms with E-state index in [-0.39, 0.29) is 13.1 Å². The molecule has 0 saturated carbocycles. The van der Waals surface area contributed by atoms with Gasteiger partial charge < -0.3 is 0 Å². The summed E-state index contributed by atoms with van der Waals surface area (Å²) in [4.78, 5) is -1.07. The predicted molar refractivity (Wildman–Crippen MR) is 71.6 cm³/mol. The molecule has 0 unspecified atom stereocenters. The lowest BCUT2D eigenvalue weighted by Crippen LogP contribution is -2.39. The van der Waals surface area contributed by atoms with Crippen LogP contribution in [0.5, 0.6) is 0 Å². The van der Waals surface area contributed by atoms with Crippen LogP contribution in [0.4, 0.5) is 13.2 Å². The zero-order valence-corrected chi connectivity index (χ0v) is 12.9. The van der Waals surface area contributed by atoms with Crippen LogP contribution in [0.25, 0.3) is 0 Å². The van der Waals surface area contributed by atoms with Crippen LogP contribution >= 0.6 is 15.9 Å². The van der Waals surface area contributed by atoms with Crippen molar-refractivity contribution in [2.75, 3.05) is 18.4 Å². The minimum absolute atomic E-state index is 0.203. The van der Waals surface area contributed by atoms with Crippen molar-refractivity contribution in [3.63, 3.8) is 0 Å². The Labute approximate surface area is 123 Å². The molecule has 1 aliphatic rings. The van der Waals surface area contributed by atoms with Crippen molar-refractivity contribution in [2.24, 2.45) is 5.92 Å². The Morgan fingerprint density at radius 3 is 2.10 bits per heavy atom. The van der Waals surface area contributed by atoms with Gasteiger partial charge in [0.1, 0.15) is 17.5 Å². The molecule has 0 radical (unpaired) electrons. The van der Waals surface area contributed by atoms with Crippen molar-refractivity contribution in [3.8, 4) is 0 Å². The van der Waals surface area contributed by atoms with Gasteiger partial charge >= 0.3 is 0 Å². The fourth-order valence-electron chi connectivity index (χ4n) is 2.21. The van der Waals surface area contributed by atoms with Gasteiger partial charge in [-0.25, -0.2) is 21.6 Å². The Morgan fingerprint density at radius 2 is 1.65 bits per heavy atom. The predicted octanol–water partition coefficient (Wildman–Crippen LogP) is 2.90. The number of nitrogens with zero attached hydrogens (tertiary/aromatic N) is 1. The fourth-order valence-corrected chi connectivity index (χ4v) is 4.42. The Morgan fingerprint density at radius 1 is 1.15 bits per heavy atom. The molecule has 3 nitrogen and oxygen atoms in total. The monoisotopic (exact) mass is 371 g/mol. The second kappa shape index (κ2) is 6.03.